The van der Waals surface area contributed by atoms with Crippen LogP contribution >= 0.6 is 0 Å². The molecule has 1 N–H and O–H groups in total. The Morgan fingerprint density at radius 1 is 1.36 bits per heavy atom. The molecule has 0 heterocycles. The minimum absolute atomic E-state index is 0.270. The molecule has 0 aromatic heterocycles. The van der Waals surface area contributed by atoms with Crippen LogP contribution < -0.4 is 0 Å². The second-order valence-corrected chi connectivity index (χ2v) is 2.96. The molecule has 0 saturated heterocycles. The van der Waals surface area contributed by atoms with Crippen molar-refractivity contribution < 1.29 is 19.4 Å². The van der Waals surface area contributed by atoms with E-state index in [1.807, 2.05) is 0 Å². The molecule has 14 heavy (non-hydrogen) atoms. The van der Waals surface area contributed by atoms with Gasteiger partial charge in [0.1, 0.15) is 0 Å². The van der Waals surface area contributed by atoms with E-state index in [2.05, 4.69) is 11.7 Å². The molecule has 0 fully saturated rings. The highest BCUT2D eigenvalue weighted by Gasteiger charge is 2.10. The van der Waals surface area contributed by atoms with E-state index in [1.165, 1.54) is 13.0 Å². The topological polar surface area (TPSA) is 63.6 Å². The number of aliphatic carboxylic acids is 1. The molecule has 0 bridgehead atoms. The predicted molar refractivity (Wildman–Crippen MR) is 51.6 cm³/mol. The highest BCUT2D eigenvalue weighted by atomic mass is 16.6. The van der Waals surface area contributed by atoms with Crippen LogP contribution in [0.2, 0.25) is 0 Å². The number of hydrogen-bond acceptors (Lipinski definition) is 3. The van der Waals surface area contributed by atoms with Crippen molar-refractivity contribution in [3.05, 3.63) is 11.8 Å². The van der Waals surface area contributed by atoms with E-state index in [-0.39, 0.29) is 5.76 Å². The maximum Gasteiger partial charge on any atom is 0.371 e. The second-order valence-electron chi connectivity index (χ2n) is 2.96. The molecule has 0 aliphatic rings. The van der Waals surface area contributed by atoms with E-state index in [0.29, 0.717) is 6.42 Å². The fourth-order valence-electron chi connectivity index (χ4n) is 0.955. The molecule has 0 aromatic rings. The summed E-state index contributed by atoms with van der Waals surface area (Å²) in [6.45, 7) is 3.25. The van der Waals surface area contributed by atoms with Gasteiger partial charge in [0.05, 0.1) is 0 Å². The molecule has 80 valence electrons. The lowest BCUT2D eigenvalue weighted by Gasteiger charge is -2.01. The Morgan fingerprint density at radius 2 is 2.00 bits per heavy atom. The van der Waals surface area contributed by atoms with Gasteiger partial charge in [0.15, 0.2) is 0 Å². The van der Waals surface area contributed by atoms with Crippen LogP contribution in [0.4, 0.5) is 0 Å². The highest BCUT2D eigenvalue weighted by molar-refractivity contribution is 5.87. The van der Waals surface area contributed by atoms with Crippen LogP contribution in [0.5, 0.6) is 0 Å². The molecule has 4 heteroatoms. The Morgan fingerprint density at radius 3 is 2.43 bits per heavy atom. The third kappa shape index (κ3) is 6.22. The van der Waals surface area contributed by atoms with Crippen molar-refractivity contribution in [2.75, 3.05) is 0 Å². The van der Waals surface area contributed by atoms with Crippen LogP contribution in [0.1, 0.15) is 39.5 Å². The Hall–Kier alpha value is -1.32. The Bertz CT molecular complexity index is 230. The zero-order valence-electron chi connectivity index (χ0n) is 8.58. The van der Waals surface area contributed by atoms with Gasteiger partial charge in [0.2, 0.25) is 5.76 Å². The van der Waals surface area contributed by atoms with Gasteiger partial charge in [0.25, 0.3) is 0 Å². The number of esters is 1. The van der Waals surface area contributed by atoms with E-state index < -0.39 is 11.9 Å². The number of carboxylic acid groups (broad SMARTS) is 1. The minimum atomic E-state index is -1.20. The SMILES string of the molecule is CCCCCC=C(OC(C)=O)C(=O)O. The quantitative estimate of drug-likeness (QED) is 0.308. The fraction of sp³-hybridized carbons (Fsp3) is 0.600. The zero-order chi connectivity index (χ0) is 11.0. The molecular weight excluding hydrogens is 184 g/mol. The van der Waals surface area contributed by atoms with Gasteiger partial charge in [0, 0.05) is 6.92 Å². The molecule has 0 rings (SSSR count). The number of hydrogen-bond donors (Lipinski definition) is 1. The molecule has 0 amide bonds. The minimum Gasteiger partial charge on any atom is -0.475 e. The van der Waals surface area contributed by atoms with Crippen LogP contribution in [0.25, 0.3) is 0 Å². The first-order valence-electron chi connectivity index (χ1n) is 4.69. The Labute approximate surface area is 83.6 Å². The van der Waals surface area contributed by atoms with Crippen molar-refractivity contribution in [1.29, 1.82) is 0 Å². The number of carboxylic acids is 1. The summed E-state index contributed by atoms with van der Waals surface area (Å²) in [7, 11) is 0. The van der Waals surface area contributed by atoms with Gasteiger partial charge >= 0.3 is 11.9 Å². The van der Waals surface area contributed by atoms with Crippen LogP contribution in [-0.4, -0.2) is 17.0 Å². The van der Waals surface area contributed by atoms with Crippen molar-refractivity contribution in [2.24, 2.45) is 0 Å². The summed E-state index contributed by atoms with van der Waals surface area (Å²) >= 11 is 0. The van der Waals surface area contributed by atoms with Gasteiger partial charge in [-0.2, -0.15) is 0 Å². The second kappa shape index (κ2) is 7.12. The van der Waals surface area contributed by atoms with E-state index in [1.54, 1.807) is 0 Å². The summed E-state index contributed by atoms with van der Waals surface area (Å²) in [6, 6.07) is 0. The van der Waals surface area contributed by atoms with Crippen molar-refractivity contribution in [3.63, 3.8) is 0 Å². The highest BCUT2D eigenvalue weighted by Crippen LogP contribution is 2.05. The third-order valence-corrected chi connectivity index (χ3v) is 1.60. The van der Waals surface area contributed by atoms with Gasteiger partial charge in [-0.1, -0.05) is 19.8 Å². The Kier molecular flexibility index (Phi) is 6.45. The lowest BCUT2D eigenvalue weighted by molar-refractivity contribution is -0.146. The standard InChI is InChI=1S/C10H16O4/c1-3-4-5-6-7-9(10(12)13)14-8(2)11/h7H,3-6H2,1-2H3,(H,12,13). The van der Waals surface area contributed by atoms with Crippen molar-refractivity contribution in [3.8, 4) is 0 Å². The smallest absolute Gasteiger partial charge is 0.371 e. The fourth-order valence-corrected chi connectivity index (χ4v) is 0.955. The van der Waals surface area contributed by atoms with Crippen LogP contribution in [0.15, 0.2) is 11.8 Å². The number of unbranched alkanes of at least 4 members (excludes halogenated alkanes) is 3. The van der Waals surface area contributed by atoms with E-state index in [9.17, 15) is 9.59 Å². The summed E-state index contributed by atoms with van der Waals surface area (Å²) in [5.41, 5.74) is 0. The average molecular weight is 200 g/mol. The number of carbonyl (C=O) groups is 2. The van der Waals surface area contributed by atoms with Gasteiger partial charge in [-0.3, -0.25) is 4.79 Å². The first-order chi connectivity index (χ1) is 6.57. The third-order valence-electron chi connectivity index (χ3n) is 1.60. The van der Waals surface area contributed by atoms with Crippen LogP contribution in [-0.2, 0) is 14.3 Å². The largest absolute Gasteiger partial charge is 0.475 e. The van der Waals surface area contributed by atoms with Gasteiger partial charge in [-0.05, 0) is 18.9 Å². The average Bonchev–Trinajstić information content (AvgIpc) is 2.09. The molecule has 0 unspecified atom stereocenters. The number of ether oxygens (including phenoxy) is 1. The van der Waals surface area contributed by atoms with E-state index in [0.717, 1.165) is 19.3 Å². The molecule has 0 spiro atoms. The van der Waals surface area contributed by atoms with Gasteiger partial charge < -0.3 is 9.84 Å². The summed E-state index contributed by atoms with van der Waals surface area (Å²) < 4.78 is 4.51. The monoisotopic (exact) mass is 200 g/mol. The van der Waals surface area contributed by atoms with Crippen LogP contribution in [0, 0.1) is 0 Å². The molecule has 4 nitrogen and oxygen atoms in total. The van der Waals surface area contributed by atoms with Crippen molar-refractivity contribution in [2.45, 2.75) is 39.5 Å². The molecule has 0 aliphatic heterocycles. The maximum absolute atomic E-state index is 10.6. The normalized spacial score (nSPS) is 11.1. The number of carbonyl (C=O) groups excluding carboxylic acids is 1. The van der Waals surface area contributed by atoms with Crippen molar-refractivity contribution >= 4 is 11.9 Å². The molecule has 0 atom stereocenters. The van der Waals surface area contributed by atoms with Gasteiger partial charge in [-0.25, -0.2) is 4.79 Å². The summed E-state index contributed by atoms with van der Waals surface area (Å²) in [5, 5.41) is 8.63. The van der Waals surface area contributed by atoms with Crippen molar-refractivity contribution in [1.82, 2.24) is 0 Å². The summed E-state index contributed by atoms with van der Waals surface area (Å²) in [5.74, 6) is -2.07. The van der Waals surface area contributed by atoms with Gasteiger partial charge in [-0.15, -0.1) is 0 Å². The first kappa shape index (κ1) is 12.7. The summed E-state index contributed by atoms with van der Waals surface area (Å²) in [4.78, 5) is 21.1. The number of allylic oxidation sites excluding steroid dienone is 1. The lowest BCUT2D eigenvalue weighted by atomic mass is 10.2. The first-order valence-corrected chi connectivity index (χ1v) is 4.69. The Balaban J connectivity index is 4.06. The molecule has 0 aromatic carbocycles. The summed E-state index contributed by atoms with van der Waals surface area (Å²) in [6.07, 6.45) is 5.10. The molecule has 0 saturated carbocycles. The zero-order valence-corrected chi connectivity index (χ0v) is 8.58. The lowest BCUT2D eigenvalue weighted by Crippen LogP contribution is -2.08. The van der Waals surface area contributed by atoms with E-state index in [4.69, 9.17) is 5.11 Å². The molecule has 0 radical (unpaired) electrons. The predicted octanol–water partition coefficient (Wildman–Crippen LogP) is 2.10. The number of rotatable bonds is 6. The molecular formula is C10H16O4. The molecule has 0 aliphatic carbocycles. The van der Waals surface area contributed by atoms with Crippen LogP contribution in [0.3, 0.4) is 0 Å². The maximum atomic E-state index is 10.6. The van der Waals surface area contributed by atoms with E-state index >= 15 is 0 Å².